The van der Waals surface area contributed by atoms with Crippen LogP contribution in [0.15, 0.2) is 60.3 Å². The van der Waals surface area contributed by atoms with Crippen LogP contribution < -0.4 is 0 Å². The zero-order valence-electron chi connectivity index (χ0n) is 26.6. The topological polar surface area (TPSA) is 138 Å². The summed E-state index contributed by atoms with van der Waals surface area (Å²) in [5, 5.41) is 20.5. The molecular weight excluding hydrogens is 794 g/mol. The number of esters is 1. The fourth-order valence-corrected chi connectivity index (χ4v) is 5.42. The van der Waals surface area contributed by atoms with Gasteiger partial charge in [-0.05, 0) is 42.0 Å². The number of alkyl halides is 6. The highest BCUT2D eigenvalue weighted by Crippen LogP contribution is 2.49. The van der Waals surface area contributed by atoms with Crippen LogP contribution in [0, 0.1) is 0 Å². The van der Waals surface area contributed by atoms with Gasteiger partial charge in [0, 0.05) is 51.9 Å². The molecule has 0 fully saturated rings. The summed E-state index contributed by atoms with van der Waals surface area (Å²) in [4.78, 5) is 37.1. The van der Waals surface area contributed by atoms with Crippen molar-refractivity contribution in [3.8, 4) is 0 Å². The first-order valence-electron chi connectivity index (χ1n) is 13.9. The number of carbonyl (C=O) groups is 3. The van der Waals surface area contributed by atoms with Gasteiger partial charge in [-0.25, -0.2) is 9.59 Å². The molecule has 0 aliphatic carbocycles. The van der Waals surface area contributed by atoms with Crippen LogP contribution in [0.2, 0.25) is 20.1 Å². The molecule has 4 aromatic rings. The summed E-state index contributed by atoms with van der Waals surface area (Å²) >= 11 is 22.8. The number of benzene rings is 2. The van der Waals surface area contributed by atoms with E-state index in [0.717, 1.165) is 22.9 Å². The fraction of sp³-hybridized carbons (Fsp3) is 0.226. The smallest absolute Gasteiger partial charge is 0.435 e. The predicted molar refractivity (Wildman–Crippen MR) is 178 cm³/mol. The highest BCUT2D eigenvalue weighted by atomic mass is 35.5. The minimum atomic E-state index is -4.84. The van der Waals surface area contributed by atoms with Crippen LogP contribution >= 0.6 is 46.4 Å². The third-order valence-corrected chi connectivity index (χ3v) is 7.75. The van der Waals surface area contributed by atoms with Gasteiger partial charge in [0.25, 0.3) is 5.60 Å². The van der Waals surface area contributed by atoms with E-state index in [9.17, 15) is 40.7 Å². The van der Waals surface area contributed by atoms with Crippen molar-refractivity contribution in [3.63, 3.8) is 0 Å². The molecular formula is C31H23Cl4F6N5O6. The van der Waals surface area contributed by atoms with E-state index in [4.69, 9.17) is 56.3 Å². The molecule has 1 atom stereocenters. The van der Waals surface area contributed by atoms with E-state index in [1.807, 2.05) is 0 Å². The Labute approximate surface area is 309 Å². The molecule has 278 valence electrons. The minimum absolute atomic E-state index is 0.0131. The van der Waals surface area contributed by atoms with E-state index in [2.05, 4.69) is 26.7 Å². The van der Waals surface area contributed by atoms with E-state index in [-0.39, 0.29) is 59.7 Å². The monoisotopic (exact) mass is 815 g/mol. The van der Waals surface area contributed by atoms with Gasteiger partial charge in [-0.3, -0.25) is 14.2 Å². The van der Waals surface area contributed by atoms with Gasteiger partial charge in [0.15, 0.2) is 6.29 Å². The minimum Gasteiger partial charge on any atom is -0.477 e. The van der Waals surface area contributed by atoms with E-state index in [0.29, 0.717) is 6.29 Å². The van der Waals surface area contributed by atoms with Crippen molar-refractivity contribution >= 4 is 75.9 Å². The van der Waals surface area contributed by atoms with Gasteiger partial charge in [0.1, 0.15) is 28.5 Å². The first kappa shape index (κ1) is 41.8. The molecule has 0 spiro atoms. The molecule has 0 saturated carbocycles. The van der Waals surface area contributed by atoms with Crippen molar-refractivity contribution in [3.05, 3.63) is 109 Å². The average Bonchev–Trinajstić information content (AvgIpc) is 3.76. The number of hydrogen-bond acceptors (Lipinski definition) is 8. The molecule has 1 unspecified atom stereocenters. The van der Waals surface area contributed by atoms with Gasteiger partial charge in [-0.2, -0.15) is 36.5 Å². The number of oxime groups is 1. The van der Waals surface area contributed by atoms with Crippen molar-refractivity contribution in [2.45, 2.75) is 24.4 Å². The number of halogens is 10. The first-order valence-corrected chi connectivity index (χ1v) is 15.4. The number of carbonyl (C=O) groups excluding carboxylic acids is 2. The third kappa shape index (κ3) is 9.84. The number of methoxy groups -OCH3 is 1. The van der Waals surface area contributed by atoms with Crippen LogP contribution in [0.4, 0.5) is 26.3 Å². The standard InChI is InChI=1S/C15H10Cl2F3N3O3.C9H5Cl2F3.C7H8N2O3/c1-23-12(13(24)25)5-10(21-23)11-6-14(26-22-11,15(18,19)20)7-2-8(16)4-9(17)3-7;1-5(9(12,13)14)6-2-7(10)4-8(11)3-6;1-9-6(7(11)12-2)3-5(4-10)8-9/h2-5H,6H2,1H3,(H,24,25);2-4H,1H2;3-4H,1-2H3. The van der Waals surface area contributed by atoms with Crippen molar-refractivity contribution in [2.75, 3.05) is 7.11 Å². The molecule has 1 aliphatic rings. The summed E-state index contributed by atoms with van der Waals surface area (Å²) < 4.78 is 85.0. The highest BCUT2D eigenvalue weighted by Gasteiger charge is 2.62. The summed E-state index contributed by atoms with van der Waals surface area (Å²) in [6, 6.07) is 9.69. The molecule has 0 bridgehead atoms. The summed E-state index contributed by atoms with van der Waals surface area (Å²) in [6.07, 6.45) is -9.43. The zero-order chi connectivity index (χ0) is 39.3. The van der Waals surface area contributed by atoms with Gasteiger partial charge in [0.05, 0.1) is 19.1 Å². The number of aldehydes is 1. The number of ether oxygens (including phenoxy) is 1. The van der Waals surface area contributed by atoms with E-state index in [1.54, 1.807) is 7.05 Å². The van der Waals surface area contributed by atoms with Gasteiger partial charge < -0.3 is 14.7 Å². The number of aryl methyl sites for hydroxylation is 2. The summed E-state index contributed by atoms with van der Waals surface area (Å²) in [7, 11) is 4.20. The van der Waals surface area contributed by atoms with Crippen molar-refractivity contribution < 1.29 is 55.4 Å². The molecule has 0 amide bonds. The molecule has 1 N–H and O–H groups in total. The molecule has 1 aliphatic heterocycles. The second kappa shape index (κ2) is 16.4. The van der Waals surface area contributed by atoms with Crippen molar-refractivity contribution in [1.82, 2.24) is 19.6 Å². The van der Waals surface area contributed by atoms with Crippen LogP contribution in [0.5, 0.6) is 0 Å². The summed E-state index contributed by atoms with van der Waals surface area (Å²) in [5.41, 5.74) is -4.05. The van der Waals surface area contributed by atoms with Crippen molar-refractivity contribution in [1.29, 1.82) is 0 Å². The van der Waals surface area contributed by atoms with Gasteiger partial charge in [-0.1, -0.05) is 58.1 Å². The lowest BCUT2D eigenvalue weighted by molar-refractivity contribution is -0.275. The Morgan fingerprint density at radius 1 is 0.885 bits per heavy atom. The molecule has 5 rings (SSSR count). The normalized spacial score (nSPS) is 15.3. The van der Waals surface area contributed by atoms with Crippen LogP contribution in [0.1, 0.15) is 54.7 Å². The average molecular weight is 817 g/mol. The molecule has 0 saturated heterocycles. The summed E-state index contributed by atoms with van der Waals surface area (Å²) in [6.45, 7) is 2.94. The second-order valence-corrected chi connectivity index (χ2v) is 12.2. The van der Waals surface area contributed by atoms with E-state index < -0.39 is 41.9 Å². The third-order valence-electron chi connectivity index (χ3n) is 6.88. The largest absolute Gasteiger partial charge is 0.477 e. The maximum absolute atomic E-state index is 13.9. The Morgan fingerprint density at radius 3 is 1.83 bits per heavy atom. The van der Waals surface area contributed by atoms with E-state index in [1.165, 1.54) is 49.2 Å². The Hall–Kier alpha value is -4.58. The second-order valence-electron chi connectivity index (χ2n) is 10.5. The number of rotatable bonds is 6. The van der Waals surface area contributed by atoms with Gasteiger partial charge >= 0.3 is 24.3 Å². The maximum Gasteiger partial charge on any atom is 0.435 e. The number of carboxylic acids is 1. The highest BCUT2D eigenvalue weighted by molar-refractivity contribution is 6.35. The number of aromatic nitrogens is 4. The first-order chi connectivity index (χ1) is 24.0. The lowest BCUT2D eigenvalue weighted by atomic mass is 9.87. The zero-order valence-corrected chi connectivity index (χ0v) is 29.6. The molecule has 2 aromatic carbocycles. The van der Waals surface area contributed by atoms with Gasteiger partial charge in [0.2, 0.25) is 0 Å². The molecule has 21 heteroatoms. The lowest BCUT2D eigenvalue weighted by Gasteiger charge is -2.29. The molecule has 2 aromatic heterocycles. The van der Waals surface area contributed by atoms with Crippen LogP contribution in [-0.4, -0.2) is 68.1 Å². The van der Waals surface area contributed by atoms with Crippen LogP contribution in [-0.2, 0) is 29.3 Å². The SMILES string of the molecule is C=C(c1cc(Cl)cc(Cl)c1)C(F)(F)F.COC(=O)c1cc(C=O)nn1C.Cn1nc(C2=NOC(c3cc(Cl)cc(Cl)c3)(C(F)(F)F)C2)cc1C(=O)O. The van der Waals surface area contributed by atoms with Crippen LogP contribution in [0.3, 0.4) is 0 Å². The summed E-state index contributed by atoms with van der Waals surface area (Å²) in [5.74, 6) is -1.77. The number of nitrogens with zero attached hydrogens (tertiary/aromatic N) is 5. The molecule has 11 nitrogen and oxygen atoms in total. The van der Waals surface area contributed by atoms with Crippen molar-refractivity contribution in [2.24, 2.45) is 19.3 Å². The number of hydrogen-bond donors (Lipinski definition) is 1. The Balaban J connectivity index is 0.000000236. The molecule has 0 radical (unpaired) electrons. The number of carboxylic acid groups (broad SMARTS) is 1. The number of aromatic carboxylic acids is 1. The van der Waals surface area contributed by atoms with E-state index >= 15 is 0 Å². The number of allylic oxidation sites excluding steroid dienone is 1. The van der Waals surface area contributed by atoms with Crippen LogP contribution in [0.25, 0.3) is 5.57 Å². The van der Waals surface area contributed by atoms with Gasteiger partial charge in [-0.15, -0.1) is 0 Å². The quantitative estimate of drug-likeness (QED) is 0.116. The Kier molecular flexibility index (Phi) is 13.2. The Morgan fingerprint density at radius 2 is 1.40 bits per heavy atom. The maximum atomic E-state index is 13.9. The Bertz CT molecular complexity index is 2010. The lowest BCUT2D eigenvalue weighted by Crippen LogP contribution is -2.42. The fourth-order valence-electron chi connectivity index (χ4n) is 4.37. The molecule has 52 heavy (non-hydrogen) atoms. The molecule has 3 heterocycles. The predicted octanol–water partition coefficient (Wildman–Crippen LogP) is 8.60.